The number of nitrogens with zero attached hydrogens (tertiary/aromatic N) is 1. The van der Waals surface area contributed by atoms with Crippen LogP contribution in [-0.4, -0.2) is 62.3 Å². The molecular weight excluding hydrogens is 308 g/mol. The van der Waals surface area contributed by atoms with Gasteiger partial charge in [-0.05, 0) is 12.1 Å². The lowest BCUT2D eigenvalue weighted by atomic mass is 9.95. The maximum Gasteiger partial charge on any atom is 0.408 e. The van der Waals surface area contributed by atoms with Gasteiger partial charge in [0.1, 0.15) is 6.04 Å². The van der Waals surface area contributed by atoms with Crippen LogP contribution in [0.3, 0.4) is 0 Å². The van der Waals surface area contributed by atoms with Gasteiger partial charge in [0.2, 0.25) is 0 Å². The summed E-state index contributed by atoms with van der Waals surface area (Å²) in [6.07, 6.45) is -2.11. The zero-order valence-corrected chi connectivity index (χ0v) is 11.8. The number of rotatable bonds is 4. The van der Waals surface area contributed by atoms with Crippen molar-refractivity contribution >= 4 is 23.9 Å². The van der Waals surface area contributed by atoms with Gasteiger partial charge in [0.25, 0.3) is 5.91 Å². The summed E-state index contributed by atoms with van der Waals surface area (Å²) in [7, 11) is 0. The highest BCUT2D eigenvalue weighted by molar-refractivity contribution is 5.99. The van der Waals surface area contributed by atoms with Crippen molar-refractivity contribution in [3.63, 3.8) is 0 Å². The van der Waals surface area contributed by atoms with E-state index in [1.807, 2.05) is 0 Å². The minimum absolute atomic E-state index is 0.189. The van der Waals surface area contributed by atoms with Crippen molar-refractivity contribution in [1.82, 2.24) is 10.2 Å². The zero-order valence-electron chi connectivity index (χ0n) is 11.8. The molecule has 0 saturated carbocycles. The third-order valence-corrected chi connectivity index (χ3v) is 3.69. The number of carbonyl (C=O) groups is 4. The van der Waals surface area contributed by atoms with E-state index in [4.69, 9.17) is 10.2 Å². The molecule has 0 spiro atoms. The lowest BCUT2D eigenvalue weighted by Gasteiger charge is -2.25. The molecule has 2 atom stereocenters. The van der Waals surface area contributed by atoms with Crippen LogP contribution in [-0.2, 0) is 9.59 Å². The molecule has 1 aliphatic rings. The predicted octanol–water partition coefficient (Wildman–Crippen LogP) is 0.0767. The molecule has 0 radical (unpaired) electrons. The van der Waals surface area contributed by atoms with E-state index in [0.717, 1.165) is 0 Å². The highest BCUT2D eigenvalue weighted by atomic mass is 16.4. The molecule has 23 heavy (non-hydrogen) atoms. The van der Waals surface area contributed by atoms with Crippen molar-refractivity contribution in [3.05, 3.63) is 35.9 Å². The fraction of sp³-hybridized carbons (Fsp3) is 0.286. The maximum atomic E-state index is 12.2. The molecule has 2 rings (SSSR count). The number of nitrogens with one attached hydrogen (secondary N) is 1. The van der Waals surface area contributed by atoms with Crippen LogP contribution in [0.15, 0.2) is 30.3 Å². The second-order valence-corrected chi connectivity index (χ2v) is 5.18. The van der Waals surface area contributed by atoms with Gasteiger partial charge in [-0.1, -0.05) is 18.2 Å². The number of amides is 2. The van der Waals surface area contributed by atoms with E-state index in [1.54, 1.807) is 18.2 Å². The Morgan fingerprint density at radius 1 is 1.09 bits per heavy atom. The molecular formula is C14H14N2O7. The van der Waals surface area contributed by atoms with E-state index in [-0.39, 0.29) is 5.56 Å². The van der Waals surface area contributed by atoms with Gasteiger partial charge in [-0.15, -0.1) is 0 Å². The molecule has 4 N–H and O–H groups in total. The first-order chi connectivity index (χ1) is 10.8. The fourth-order valence-corrected chi connectivity index (χ4v) is 2.51. The molecule has 0 aromatic heterocycles. The van der Waals surface area contributed by atoms with Gasteiger partial charge in [0, 0.05) is 12.0 Å². The summed E-state index contributed by atoms with van der Waals surface area (Å²) in [5, 5.41) is 29.8. The third kappa shape index (κ3) is 3.07. The van der Waals surface area contributed by atoms with Gasteiger partial charge in [-0.25, -0.2) is 14.4 Å². The SMILES string of the molecule is O=C(N[C@]1(C(=O)O)C[C@@H](C(=O)O)N(C(=O)O)C1)c1ccccc1. The number of carboxylic acids is 2. The molecule has 1 fully saturated rings. The van der Waals surface area contributed by atoms with Crippen molar-refractivity contribution in [2.24, 2.45) is 0 Å². The smallest absolute Gasteiger partial charge is 0.408 e. The number of carbonyl (C=O) groups excluding carboxylic acids is 1. The van der Waals surface area contributed by atoms with Crippen molar-refractivity contribution in [3.8, 4) is 0 Å². The molecule has 1 heterocycles. The average Bonchev–Trinajstić information content (AvgIpc) is 2.90. The lowest BCUT2D eigenvalue weighted by Crippen LogP contribution is -2.56. The molecule has 9 heteroatoms. The monoisotopic (exact) mass is 322 g/mol. The van der Waals surface area contributed by atoms with Crippen molar-refractivity contribution < 1.29 is 34.5 Å². The summed E-state index contributed by atoms with van der Waals surface area (Å²) < 4.78 is 0. The Hall–Kier alpha value is -3.10. The van der Waals surface area contributed by atoms with E-state index in [9.17, 15) is 24.3 Å². The molecule has 1 aliphatic heterocycles. The summed E-state index contributed by atoms with van der Waals surface area (Å²) in [6, 6.07) is 6.22. The number of hydrogen-bond acceptors (Lipinski definition) is 4. The summed E-state index contributed by atoms with van der Waals surface area (Å²) in [5.74, 6) is -3.68. The first-order valence-corrected chi connectivity index (χ1v) is 6.60. The van der Waals surface area contributed by atoms with Crippen LogP contribution >= 0.6 is 0 Å². The predicted molar refractivity (Wildman–Crippen MR) is 75.0 cm³/mol. The first-order valence-electron chi connectivity index (χ1n) is 6.60. The largest absolute Gasteiger partial charge is 0.480 e. The minimum Gasteiger partial charge on any atom is -0.480 e. The van der Waals surface area contributed by atoms with Crippen LogP contribution in [0.5, 0.6) is 0 Å². The number of aliphatic carboxylic acids is 2. The molecule has 9 nitrogen and oxygen atoms in total. The Morgan fingerprint density at radius 3 is 2.13 bits per heavy atom. The van der Waals surface area contributed by atoms with E-state index >= 15 is 0 Å². The second kappa shape index (κ2) is 5.95. The van der Waals surface area contributed by atoms with E-state index in [1.165, 1.54) is 12.1 Å². The van der Waals surface area contributed by atoms with Gasteiger partial charge in [0.05, 0.1) is 6.54 Å². The topological polar surface area (TPSA) is 144 Å². The van der Waals surface area contributed by atoms with Crippen molar-refractivity contribution in [2.45, 2.75) is 18.0 Å². The second-order valence-electron chi connectivity index (χ2n) is 5.18. The van der Waals surface area contributed by atoms with Gasteiger partial charge in [-0.3, -0.25) is 9.69 Å². The first kappa shape index (κ1) is 16.3. The van der Waals surface area contributed by atoms with Crippen LogP contribution in [0.25, 0.3) is 0 Å². The minimum atomic E-state index is -1.99. The summed E-state index contributed by atoms with van der Waals surface area (Å²) in [5.41, 5.74) is -1.80. The number of benzene rings is 1. The standard InChI is InChI=1S/C14H14N2O7/c17-10(8-4-2-1-3-5-8)15-14(12(20)21)6-9(11(18)19)16(7-14)13(22)23/h1-5,9H,6-7H2,(H,15,17)(H,18,19)(H,20,21)(H,22,23)/t9-,14+/m0/s1. The summed E-state index contributed by atoms with van der Waals surface area (Å²) in [6.45, 7) is -0.646. The highest BCUT2D eigenvalue weighted by Gasteiger charge is 2.54. The third-order valence-electron chi connectivity index (χ3n) is 3.69. The van der Waals surface area contributed by atoms with Crippen LogP contribution in [0.1, 0.15) is 16.8 Å². The number of likely N-dealkylation sites (tertiary alicyclic amines) is 1. The maximum absolute atomic E-state index is 12.2. The lowest BCUT2D eigenvalue weighted by molar-refractivity contribution is -0.144. The molecule has 1 aromatic carbocycles. The van der Waals surface area contributed by atoms with Crippen LogP contribution in [0, 0.1) is 0 Å². The molecule has 0 bridgehead atoms. The quantitative estimate of drug-likeness (QED) is 0.614. The zero-order chi connectivity index (χ0) is 17.2. The van der Waals surface area contributed by atoms with E-state index in [0.29, 0.717) is 4.90 Å². The van der Waals surface area contributed by atoms with Crippen LogP contribution in [0.4, 0.5) is 4.79 Å². The molecule has 0 unspecified atom stereocenters. The van der Waals surface area contributed by atoms with Gasteiger partial charge in [-0.2, -0.15) is 0 Å². The Labute approximate surface area is 130 Å². The van der Waals surface area contributed by atoms with Crippen LogP contribution in [0.2, 0.25) is 0 Å². The van der Waals surface area contributed by atoms with Gasteiger partial charge >= 0.3 is 18.0 Å². The van der Waals surface area contributed by atoms with E-state index < -0.39 is 48.5 Å². The molecule has 1 saturated heterocycles. The van der Waals surface area contributed by atoms with Gasteiger partial charge in [0.15, 0.2) is 5.54 Å². The molecule has 1 aromatic rings. The molecule has 122 valence electrons. The highest BCUT2D eigenvalue weighted by Crippen LogP contribution is 2.28. The average molecular weight is 322 g/mol. The normalized spacial score (nSPS) is 23.3. The fourth-order valence-electron chi connectivity index (χ4n) is 2.51. The Balaban J connectivity index is 2.31. The van der Waals surface area contributed by atoms with Crippen molar-refractivity contribution in [1.29, 1.82) is 0 Å². The Kier molecular flexibility index (Phi) is 4.21. The number of hydrogen-bond donors (Lipinski definition) is 4. The Morgan fingerprint density at radius 2 is 1.70 bits per heavy atom. The molecule has 2 amide bonds. The van der Waals surface area contributed by atoms with Crippen molar-refractivity contribution in [2.75, 3.05) is 6.54 Å². The Bertz CT molecular complexity index is 636. The number of carboxylic acid groups (broad SMARTS) is 3. The van der Waals surface area contributed by atoms with Crippen LogP contribution < -0.4 is 5.32 Å². The van der Waals surface area contributed by atoms with E-state index in [2.05, 4.69) is 5.32 Å². The van der Waals surface area contributed by atoms with Gasteiger partial charge < -0.3 is 20.6 Å². The molecule has 0 aliphatic carbocycles. The summed E-state index contributed by atoms with van der Waals surface area (Å²) >= 11 is 0. The summed E-state index contributed by atoms with van der Waals surface area (Å²) in [4.78, 5) is 46.6.